The number of hydrogen-bond donors (Lipinski definition) is 3. The summed E-state index contributed by atoms with van der Waals surface area (Å²) in [6, 6.07) is 11.1. The van der Waals surface area contributed by atoms with Crippen LogP contribution in [-0.2, 0) is 0 Å². The van der Waals surface area contributed by atoms with E-state index in [4.69, 9.17) is 11.6 Å². The molecule has 27 heavy (non-hydrogen) atoms. The second kappa shape index (κ2) is 7.26. The van der Waals surface area contributed by atoms with E-state index < -0.39 is 17.7 Å². The molecule has 0 saturated heterocycles. The number of H-pyrrole nitrogens is 1. The van der Waals surface area contributed by atoms with Crippen LogP contribution in [0.2, 0.25) is 5.02 Å². The van der Waals surface area contributed by atoms with Crippen LogP contribution < -0.4 is 11.0 Å². The standard InChI is InChI=1S/C19H18ClFN4O2/c20-14-2-1-3-15(21)16(14)17-23-19(27)25(24-17)13-8-6-12(7-9-13)18(26)22-10-11-4-5-11/h1-3,6-9,11,18,22,26H,4-5,10H2,(H,23,24,27). The Balaban J connectivity index is 1.58. The number of hydrogen-bond acceptors (Lipinski definition) is 4. The molecule has 0 radical (unpaired) electrons. The van der Waals surface area contributed by atoms with Gasteiger partial charge < -0.3 is 5.11 Å². The average molecular weight is 389 g/mol. The van der Waals surface area contributed by atoms with Gasteiger partial charge in [-0.05, 0) is 48.6 Å². The third-order valence-electron chi connectivity index (χ3n) is 4.57. The van der Waals surface area contributed by atoms with Crippen molar-refractivity contribution < 1.29 is 9.50 Å². The van der Waals surface area contributed by atoms with E-state index in [9.17, 15) is 14.3 Å². The Kier molecular flexibility index (Phi) is 4.82. The second-order valence-corrected chi connectivity index (χ2v) is 7.04. The van der Waals surface area contributed by atoms with E-state index in [0.717, 1.165) is 11.2 Å². The summed E-state index contributed by atoms with van der Waals surface area (Å²) >= 11 is 6.04. The van der Waals surface area contributed by atoms with Crippen LogP contribution in [0.4, 0.5) is 4.39 Å². The lowest BCUT2D eigenvalue weighted by Gasteiger charge is -2.13. The Morgan fingerprint density at radius 3 is 2.70 bits per heavy atom. The molecule has 1 atom stereocenters. The highest BCUT2D eigenvalue weighted by Gasteiger charge is 2.22. The van der Waals surface area contributed by atoms with Gasteiger partial charge >= 0.3 is 5.69 Å². The van der Waals surface area contributed by atoms with Crippen LogP contribution in [0.1, 0.15) is 24.6 Å². The Labute approximate surface area is 159 Å². The van der Waals surface area contributed by atoms with Crippen molar-refractivity contribution in [1.29, 1.82) is 0 Å². The number of nitrogens with one attached hydrogen (secondary N) is 2. The molecule has 0 amide bonds. The van der Waals surface area contributed by atoms with Crippen molar-refractivity contribution in [3.63, 3.8) is 0 Å². The lowest BCUT2D eigenvalue weighted by Crippen LogP contribution is -2.23. The van der Waals surface area contributed by atoms with Crippen LogP contribution in [0.3, 0.4) is 0 Å². The molecule has 6 nitrogen and oxygen atoms in total. The molecular formula is C19H18ClFN4O2. The van der Waals surface area contributed by atoms with Gasteiger partial charge in [0, 0.05) is 6.54 Å². The average Bonchev–Trinajstić information content (AvgIpc) is 3.41. The van der Waals surface area contributed by atoms with Gasteiger partial charge in [-0.15, -0.1) is 5.10 Å². The summed E-state index contributed by atoms with van der Waals surface area (Å²) in [6.07, 6.45) is 1.65. The summed E-state index contributed by atoms with van der Waals surface area (Å²) in [5.74, 6) is 0.145. The highest BCUT2D eigenvalue weighted by Crippen LogP contribution is 2.29. The smallest absolute Gasteiger partial charge is 0.348 e. The van der Waals surface area contributed by atoms with Gasteiger partial charge in [0.25, 0.3) is 0 Å². The van der Waals surface area contributed by atoms with E-state index in [1.807, 2.05) is 0 Å². The topological polar surface area (TPSA) is 82.9 Å². The number of benzene rings is 2. The zero-order valence-corrected chi connectivity index (χ0v) is 15.1. The first-order chi connectivity index (χ1) is 13.0. The zero-order chi connectivity index (χ0) is 19.0. The molecule has 1 saturated carbocycles. The molecule has 1 aliphatic carbocycles. The minimum Gasteiger partial charge on any atom is -0.374 e. The van der Waals surface area contributed by atoms with Gasteiger partial charge in [0.1, 0.15) is 12.0 Å². The second-order valence-electron chi connectivity index (χ2n) is 6.63. The molecule has 3 N–H and O–H groups in total. The monoisotopic (exact) mass is 388 g/mol. The Morgan fingerprint density at radius 1 is 1.30 bits per heavy atom. The number of halogens is 2. The van der Waals surface area contributed by atoms with Gasteiger partial charge in [-0.1, -0.05) is 29.8 Å². The summed E-state index contributed by atoms with van der Waals surface area (Å²) in [5, 5.41) is 17.6. The van der Waals surface area contributed by atoms with E-state index in [1.165, 1.54) is 31.0 Å². The lowest BCUT2D eigenvalue weighted by molar-refractivity contribution is 0.137. The van der Waals surface area contributed by atoms with Gasteiger partial charge in [-0.3, -0.25) is 10.3 Å². The first-order valence-corrected chi connectivity index (χ1v) is 9.06. The molecule has 1 aliphatic rings. The van der Waals surface area contributed by atoms with Gasteiger partial charge in [0.15, 0.2) is 5.82 Å². The van der Waals surface area contributed by atoms with Crippen molar-refractivity contribution in [2.75, 3.05) is 6.54 Å². The molecule has 1 aromatic heterocycles. The van der Waals surface area contributed by atoms with Crippen molar-refractivity contribution in [2.45, 2.75) is 19.1 Å². The van der Waals surface area contributed by atoms with Crippen molar-refractivity contribution >= 4 is 11.6 Å². The molecule has 8 heteroatoms. The number of aliphatic hydroxyl groups excluding tert-OH is 1. The Hall–Kier alpha value is -2.48. The molecule has 1 heterocycles. The van der Waals surface area contributed by atoms with Gasteiger partial charge in [0.2, 0.25) is 0 Å². The summed E-state index contributed by atoms with van der Waals surface area (Å²) in [6.45, 7) is 0.786. The maximum absolute atomic E-state index is 14.1. The van der Waals surface area contributed by atoms with Crippen molar-refractivity contribution in [2.24, 2.45) is 5.92 Å². The highest BCUT2D eigenvalue weighted by molar-refractivity contribution is 6.33. The van der Waals surface area contributed by atoms with E-state index in [2.05, 4.69) is 15.4 Å². The quantitative estimate of drug-likeness (QED) is 0.567. The molecule has 0 aliphatic heterocycles. The molecule has 1 unspecified atom stereocenters. The Bertz CT molecular complexity index is 991. The van der Waals surface area contributed by atoms with Crippen LogP contribution >= 0.6 is 11.6 Å². The maximum atomic E-state index is 14.1. The summed E-state index contributed by atoms with van der Waals surface area (Å²) in [5.41, 5.74) is 0.726. The minimum atomic E-state index is -0.761. The maximum Gasteiger partial charge on any atom is 0.348 e. The van der Waals surface area contributed by atoms with Crippen molar-refractivity contribution in [3.05, 3.63) is 69.4 Å². The van der Waals surface area contributed by atoms with E-state index in [0.29, 0.717) is 17.2 Å². The number of rotatable bonds is 6. The summed E-state index contributed by atoms with van der Waals surface area (Å²) < 4.78 is 15.2. The number of nitrogens with zero attached hydrogens (tertiary/aromatic N) is 2. The molecule has 1 fully saturated rings. The number of aliphatic hydroxyl groups is 1. The molecular weight excluding hydrogens is 371 g/mol. The minimum absolute atomic E-state index is 0.0475. The van der Waals surface area contributed by atoms with Gasteiger partial charge in [0.05, 0.1) is 16.3 Å². The van der Waals surface area contributed by atoms with Crippen molar-refractivity contribution in [3.8, 4) is 17.1 Å². The van der Waals surface area contributed by atoms with Crippen LogP contribution in [0.15, 0.2) is 47.3 Å². The summed E-state index contributed by atoms with van der Waals surface area (Å²) in [4.78, 5) is 14.8. The lowest BCUT2D eigenvalue weighted by atomic mass is 10.2. The Morgan fingerprint density at radius 2 is 2.04 bits per heavy atom. The normalized spacial score (nSPS) is 15.1. The fourth-order valence-electron chi connectivity index (χ4n) is 2.85. The third kappa shape index (κ3) is 3.80. The van der Waals surface area contributed by atoms with Gasteiger partial charge in [-0.2, -0.15) is 4.68 Å². The van der Waals surface area contributed by atoms with Crippen LogP contribution in [0.5, 0.6) is 0 Å². The molecule has 2 aromatic carbocycles. The first kappa shape index (κ1) is 17.9. The molecule has 3 aromatic rings. The fourth-order valence-corrected chi connectivity index (χ4v) is 3.10. The van der Waals surface area contributed by atoms with Gasteiger partial charge in [-0.25, -0.2) is 9.18 Å². The largest absolute Gasteiger partial charge is 0.374 e. The van der Waals surface area contributed by atoms with Crippen molar-refractivity contribution in [1.82, 2.24) is 20.1 Å². The first-order valence-electron chi connectivity index (χ1n) is 8.68. The SMILES string of the molecule is O=c1[nH]c(-c2c(F)cccc2Cl)nn1-c1ccc(C(O)NCC2CC2)cc1. The number of aromatic amines is 1. The predicted molar refractivity (Wildman–Crippen MR) is 100 cm³/mol. The van der Waals surface area contributed by atoms with Crippen LogP contribution in [0, 0.1) is 11.7 Å². The van der Waals surface area contributed by atoms with E-state index in [1.54, 1.807) is 24.3 Å². The molecule has 4 rings (SSSR count). The van der Waals surface area contributed by atoms with E-state index in [-0.39, 0.29) is 16.4 Å². The molecule has 0 bridgehead atoms. The van der Waals surface area contributed by atoms with E-state index >= 15 is 0 Å². The third-order valence-corrected chi connectivity index (χ3v) is 4.88. The van der Waals surface area contributed by atoms with Crippen LogP contribution in [0.25, 0.3) is 17.1 Å². The molecule has 140 valence electrons. The fraction of sp³-hybridized carbons (Fsp3) is 0.263. The molecule has 0 spiro atoms. The summed E-state index contributed by atoms with van der Waals surface area (Å²) in [7, 11) is 0. The van der Waals surface area contributed by atoms with Crippen LogP contribution in [-0.4, -0.2) is 26.4 Å². The zero-order valence-electron chi connectivity index (χ0n) is 14.3. The number of aromatic nitrogens is 3. The highest BCUT2D eigenvalue weighted by atomic mass is 35.5. The predicted octanol–water partition coefficient (Wildman–Crippen LogP) is 3.01.